The van der Waals surface area contributed by atoms with E-state index in [2.05, 4.69) is 6.07 Å². The Bertz CT molecular complexity index is 288. The zero-order valence-corrected chi connectivity index (χ0v) is 8.88. The second-order valence-corrected chi connectivity index (χ2v) is 1.88. The van der Waals surface area contributed by atoms with Crippen molar-refractivity contribution in [1.29, 1.82) is 0 Å². The number of fused-ring (bicyclic) bond motifs is 1. The van der Waals surface area contributed by atoms with Gasteiger partial charge in [-0.3, -0.25) is 0 Å². The summed E-state index contributed by atoms with van der Waals surface area (Å²) in [6.45, 7) is 0. The maximum absolute atomic E-state index is 5.06. The molecule has 0 aliphatic rings. The van der Waals surface area contributed by atoms with E-state index in [9.17, 15) is 0 Å². The van der Waals surface area contributed by atoms with E-state index in [1.54, 1.807) is 6.26 Å². The summed E-state index contributed by atoms with van der Waals surface area (Å²) in [6.07, 6.45) is 1.57. The summed E-state index contributed by atoms with van der Waals surface area (Å²) in [4.78, 5) is 0. The molecule has 2 rings (SSSR count). The van der Waals surface area contributed by atoms with E-state index in [0.29, 0.717) is 0 Å². The molecule has 1 aromatic carbocycles. The molecule has 0 amide bonds. The molecule has 1 nitrogen and oxygen atoms in total. The van der Waals surface area contributed by atoms with E-state index in [1.165, 1.54) is 0 Å². The van der Waals surface area contributed by atoms with E-state index >= 15 is 0 Å². The fourth-order valence-electron chi connectivity index (χ4n) is 0.845. The van der Waals surface area contributed by atoms with Gasteiger partial charge in [0.25, 0.3) is 0 Å². The van der Waals surface area contributed by atoms with Crippen molar-refractivity contribution in [3.05, 3.63) is 36.6 Å². The maximum Gasteiger partial charge on any atom is 2.00 e. The van der Waals surface area contributed by atoms with Crippen LogP contribution in [0.2, 0.25) is 0 Å². The van der Waals surface area contributed by atoms with Crippen LogP contribution in [0.15, 0.2) is 34.9 Å². The van der Waals surface area contributed by atoms with Gasteiger partial charge in [-0.2, -0.15) is 6.07 Å². The van der Waals surface area contributed by atoms with Crippen LogP contribution < -0.4 is 17.0 Å². The predicted octanol–water partition coefficient (Wildman–Crippen LogP) is -1.14. The van der Waals surface area contributed by atoms with Gasteiger partial charge < -0.3 is 21.4 Å². The summed E-state index contributed by atoms with van der Waals surface area (Å²) in [6, 6.07) is 10.8. The van der Waals surface area contributed by atoms with Crippen molar-refractivity contribution in [2.24, 2.45) is 0 Å². The van der Waals surface area contributed by atoms with E-state index in [0.717, 1.165) is 11.0 Å². The first-order valence-corrected chi connectivity index (χ1v) is 2.81. The molecule has 0 spiro atoms. The summed E-state index contributed by atoms with van der Waals surface area (Å²) < 4.78 is 5.06. The molecular formula is C8H5BrMgO. The molecule has 0 radical (unpaired) electrons. The van der Waals surface area contributed by atoms with Gasteiger partial charge >= 0.3 is 23.1 Å². The average Bonchev–Trinajstić information content (AvgIpc) is 2.33. The Hall–Kier alpha value is 0.00623. The fraction of sp³-hybridized carbons (Fsp3) is 0. The fourth-order valence-corrected chi connectivity index (χ4v) is 0.845. The molecule has 3 heteroatoms. The topological polar surface area (TPSA) is 13.1 Å². The summed E-state index contributed by atoms with van der Waals surface area (Å²) in [5, 5.41) is 1.04. The molecule has 0 fully saturated rings. The molecule has 11 heavy (non-hydrogen) atoms. The predicted molar refractivity (Wildman–Crippen MR) is 40.8 cm³/mol. The molecule has 0 saturated heterocycles. The number of hydrogen-bond acceptors (Lipinski definition) is 1. The summed E-state index contributed by atoms with van der Waals surface area (Å²) in [7, 11) is 0. The monoisotopic (exact) mass is 220 g/mol. The number of rotatable bonds is 0. The quantitative estimate of drug-likeness (QED) is 0.405. The summed E-state index contributed by atoms with van der Waals surface area (Å²) in [5.74, 6) is 0. The van der Waals surface area contributed by atoms with Gasteiger partial charge in [0.15, 0.2) is 0 Å². The van der Waals surface area contributed by atoms with Crippen molar-refractivity contribution < 1.29 is 21.4 Å². The second-order valence-electron chi connectivity index (χ2n) is 1.88. The van der Waals surface area contributed by atoms with Crippen molar-refractivity contribution in [2.75, 3.05) is 0 Å². The molecule has 1 aromatic heterocycles. The Morgan fingerprint density at radius 3 is 2.64 bits per heavy atom. The van der Waals surface area contributed by atoms with Crippen LogP contribution in [-0.2, 0) is 0 Å². The van der Waals surface area contributed by atoms with Crippen LogP contribution in [-0.4, -0.2) is 23.1 Å². The number of benzene rings is 1. The van der Waals surface area contributed by atoms with E-state index in [-0.39, 0.29) is 40.0 Å². The third-order valence-corrected chi connectivity index (χ3v) is 1.29. The van der Waals surface area contributed by atoms with Crippen LogP contribution in [0.4, 0.5) is 0 Å². The molecular weight excluding hydrogens is 216 g/mol. The molecule has 0 unspecified atom stereocenters. The van der Waals surface area contributed by atoms with Gasteiger partial charge in [0.2, 0.25) is 0 Å². The number of hydrogen-bond donors (Lipinski definition) is 0. The Morgan fingerprint density at radius 1 is 1.18 bits per heavy atom. The van der Waals surface area contributed by atoms with Crippen LogP contribution >= 0.6 is 0 Å². The van der Waals surface area contributed by atoms with Crippen molar-refractivity contribution in [1.82, 2.24) is 0 Å². The van der Waals surface area contributed by atoms with Crippen molar-refractivity contribution >= 4 is 34.0 Å². The molecule has 0 aliphatic carbocycles. The number of furan rings is 1. The van der Waals surface area contributed by atoms with Gasteiger partial charge in [-0.15, -0.1) is 17.5 Å². The van der Waals surface area contributed by atoms with Crippen LogP contribution in [0, 0.1) is 6.07 Å². The van der Waals surface area contributed by atoms with Gasteiger partial charge in [0.1, 0.15) is 0 Å². The Labute approximate surface area is 91.7 Å². The molecule has 2 aromatic rings. The van der Waals surface area contributed by atoms with Crippen LogP contribution in [0.25, 0.3) is 11.0 Å². The van der Waals surface area contributed by atoms with Crippen molar-refractivity contribution in [3.63, 3.8) is 0 Å². The van der Waals surface area contributed by atoms with E-state index in [4.69, 9.17) is 4.42 Å². The minimum absolute atomic E-state index is 0. The van der Waals surface area contributed by atoms with Crippen molar-refractivity contribution in [2.45, 2.75) is 0 Å². The third kappa shape index (κ3) is 2.22. The normalized spacial score (nSPS) is 8.36. The van der Waals surface area contributed by atoms with Crippen LogP contribution in [0.5, 0.6) is 0 Å². The third-order valence-electron chi connectivity index (χ3n) is 1.29. The van der Waals surface area contributed by atoms with Gasteiger partial charge in [-0.05, 0) is 0 Å². The largest absolute Gasteiger partial charge is 2.00 e. The first kappa shape index (κ1) is 11.0. The standard InChI is InChI=1S/C8H5O.BrH.Mg/c1-2-4-8-7(3-1)5-6-9-8;;/h1-4,6H;1H;/q-1;;+2/p-1. The second kappa shape index (κ2) is 4.80. The average molecular weight is 221 g/mol. The van der Waals surface area contributed by atoms with Gasteiger partial charge in [-0.25, -0.2) is 0 Å². The molecule has 0 N–H and O–H groups in total. The minimum Gasteiger partial charge on any atom is -1.00 e. The van der Waals surface area contributed by atoms with Crippen molar-refractivity contribution in [3.8, 4) is 0 Å². The zero-order valence-electron chi connectivity index (χ0n) is 5.88. The summed E-state index contributed by atoms with van der Waals surface area (Å²) >= 11 is 0. The number of para-hydroxylation sites is 1. The van der Waals surface area contributed by atoms with Gasteiger partial charge in [-0.1, -0.05) is 12.1 Å². The van der Waals surface area contributed by atoms with Gasteiger partial charge in [0.05, 0.1) is 0 Å². The molecule has 0 atom stereocenters. The molecule has 0 aliphatic heterocycles. The molecule has 0 saturated carbocycles. The Kier molecular flexibility index (Phi) is 4.80. The first-order chi connectivity index (χ1) is 4.47. The zero-order chi connectivity index (χ0) is 6.10. The van der Waals surface area contributed by atoms with E-state index in [1.807, 2.05) is 24.3 Å². The SMILES string of the molecule is [Br-].[Mg+2].[c-]1coc2ccccc12. The smallest absolute Gasteiger partial charge is 1.00 e. The Balaban J connectivity index is 0.000000500. The molecule has 52 valence electrons. The number of halogens is 1. The van der Waals surface area contributed by atoms with E-state index < -0.39 is 0 Å². The molecule has 0 bridgehead atoms. The Morgan fingerprint density at radius 2 is 1.91 bits per heavy atom. The summed E-state index contributed by atoms with van der Waals surface area (Å²) in [5.41, 5.74) is 0.900. The first-order valence-electron chi connectivity index (χ1n) is 2.81. The van der Waals surface area contributed by atoms with Gasteiger partial charge in [0, 0.05) is 11.8 Å². The minimum atomic E-state index is 0. The van der Waals surface area contributed by atoms with Crippen LogP contribution in [0.1, 0.15) is 0 Å². The molecule has 1 heterocycles. The maximum atomic E-state index is 5.06. The van der Waals surface area contributed by atoms with Crippen LogP contribution in [0.3, 0.4) is 0 Å².